The molecule has 0 unspecified atom stereocenters. The average Bonchev–Trinajstić information content (AvgIpc) is 2.61. The van der Waals surface area contributed by atoms with Gasteiger partial charge in [-0.1, -0.05) is 6.07 Å². The van der Waals surface area contributed by atoms with E-state index in [1.165, 1.54) is 4.90 Å². The molecule has 3 aromatic rings. The number of nitrogens with one attached hydrogen (secondary N) is 1. The third-order valence-electron chi connectivity index (χ3n) is 4.11. The molecule has 1 heterocycles. The van der Waals surface area contributed by atoms with Gasteiger partial charge in [-0.3, -0.25) is 9.59 Å². The highest BCUT2D eigenvalue weighted by atomic mass is 16.2. The first kappa shape index (κ1) is 17.5. The van der Waals surface area contributed by atoms with Crippen LogP contribution in [0.4, 0.5) is 5.69 Å². The molecule has 6 heteroatoms. The normalized spacial score (nSPS) is 10.6. The fourth-order valence-corrected chi connectivity index (χ4v) is 2.56. The first-order valence-corrected chi connectivity index (χ1v) is 8.23. The van der Waals surface area contributed by atoms with Crippen molar-refractivity contribution in [1.29, 1.82) is 0 Å². The van der Waals surface area contributed by atoms with Crippen LogP contribution >= 0.6 is 0 Å². The summed E-state index contributed by atoms with van der Waals surface area (Å²) in [5.74, 6) is -0.380. The van der Waals surface area contributed by atoms with Crippen molar-refractivity contribution in [2.75, 3.05) is 19.4 Å². The average molecular weight is 348 g/mol. The van der Waals surface area contributed by atoms with Gasteiger partial charge in [0.25, 0.3) is 11.8 Å². The van der Waals surface area contributed by atoms with Crippen molar-refractivity contribution in [3.05, 3.63) is 65.0 Å². The number of carbonyl (C=O) groups is 2. The van der Waals surface area contributed by atoms with Crippen LogP contribution < -0.4 is 5.32 Å². The van der Waals surface area contributed by atoms with Gasteiger partial charge in [-0.2, -0.15) is 0 Å². The van der Waals surface area contributed by atoms with Gasteiger partial charge in [0, 0.05) is 30.9 Å². The molecule has 0 aliphatic heterocycles. The van der Waals surface area contributed by atoms with Gasteiger partial charge in [0.05, 0.1) is 22.4 Å². The van der Waals surface area contributed by atoms with E-state index in [4.69, 9.17) is 0 Å². The lowest BCUT2D eigenvalue weighted by Crippen LogP contribution is -2.22. The molecule has 1 aromatic heterocycles. The summed E-state index contributed by atoms with van der Waals surface area (Å²) >= 11 is 0. The predicted molar refractivity (Wildman–Crippen MR) is 101 cm³/mol. The minimum Gasteiger partial charge on any atom is -0.345 e. The summed E-state index contributed by atoms with van der Waals surface area (Å²) in [5.41, 5.74) is 4.71. The summed E-state index contributed by atoms with van der Waals surface area (Å²) in [6, 6.07) is 12.1. The van der Waals surface area contributed by atoms with Crippen LogP contribution in [0.1, 0.15) is 32.1 Å². The maximum Gasteiger partial charge on any atom is 0.255 e. The molecular weight excluding hydrogens is 328 g/mol. The number of rotatable bonds is 3. The predicted octanol–water partition coefficient (Wildman–Crippen LogP) is 3.20. The Labute approximate surface area is 151 Å². The van der Waals surface area contributed by atoms with E-state index in [-0.39, 0.29) is 11.8 Å². The number of hydrogen-bond acceptors (Lipinski definition) is 4. The molecule has 3 rings (SSSR count). The van der Waals surface area contributed by atoms with Crippen LogP contribution in [0.2, 0.25) is 0 Å². The number of aromatic nitrogens is 2. The van der Waals surface area contributed by atoms with E-state index >= 15 is 0 Å². The van der Waals surface area contributed by atoms with Gasteiger partial charge in [-0.15, -0.1) is 0 Å². The number of hydrogen-bond donors (Lipinski definition) is 1. The number of aryl methyl sites for hydroxylation is 2. The number of nitrogens with zero attached hydrogens (tertiary/aromatic N) is 3. The summed E-state index contributed by atoms with van der Waals surface area (Å²) in [6.07, 6.45) is 0. The zero-order valence-electron chi connectivity index (χ0n) is 15.2. The Balaban J connectivity index is 1.86. The molecule has 0 atom stereocenters. The van der Waals surface area contributed by atoms with Crippen LogP contribution in [0.5, 0.6) is 0 Å². The van der Waals surface area contributed by atoms with Crippen LogP contribution in [-0.2, 0) is 0 Å². The Bertz CT molecular complexity index is 1010. The van der Waals surface area contributed by atoms with Crippen molar-refractivity contribution in [3.8, 4) is 0 Å². The Hall–Kier alpha value is -3.28. The quantitative estimate of drug-likeness (QED) is 0.789. The Morgan fingerprint density at radius 2 is 1.58 bits per heavy atom. The minimum atomic E-state index is -0.263. The fraction of sp³-hybridized carbons (Fsp3) is 0.200. The molecule has 26 heavy (non-hydrogen) atoms. The SMILES string of the molecule is Cc1nc2ccc(C(=O)Nc3cccc(C(=O)N(C)C)c3)cc2nc1C. The van der Waals surface area contributed by atoms with Crippen molar-refractivity contribution in [2.45, 2.75) is 13.8 Å². The van der Waals surface area contributed by atoms with Crippen LogP contribution in [0, 0.1) is 13.8 Å². The summed E-state index contributed by atoms with van der Waals surface area (Å²) < 4.78 is 0. The van der Waals surface area contributed by atoms with Gasteiger partial charge >= 0.3 is 0 Å². The molecule has 0 bridgehead atoms. The molecule has 0 aliphatic rings. The van der Waals surface area contributed by atoms with E-state index in [0.29, 0.717) is 22.3 Å². The van der Waals surface area contributed by atoms with Gasteiger partial charge in [0.15, 0.2) is 0 Å². The molecule has 0 saturated carbocycles. The van der Waals surface area contributed by atoms with Crippen LogP contribution in [0.25, 0.3) is 11.0 Å². The molecule has 0 spiro atoms. The first-order chi connectivity index (χ1) is 12.3. The van der Waals surface area contributed by atoms with Crippen molar-refractivity contribution in [2.24, 2.45) is 0 Å². The molecule has 0 radical (unpaired) electrons. The zero-order chi connectivity index (χ0) is 18.8. The number of anilines is 1. The van der Waals surface area contributed by atoms with Crippen molar-refractivity contribution in [3.63, 3.8) is 0 Å². The molecule has 0 saturated heterocycles. The van der Waals surface area contributed by atoms with E-state index in [2.05, 4.69) is 15.3 Å². The summed E-state index contributed by atoms with van der Waals surface area (Å²) in [5, 5.41) is 2.83. The number of benzene rings is 2. The van der Waals surface area contributed by atoms with E-state index < -0.39 is 0 Å². The Kier molecular flexibility index (Phi) is 4.67. The highest BCUT2D eigenvalue weighted by Crippen LogP contribution is 2.17. The largest absolute Gasteiger partial charge is 0.345 e. The van der Waals surface area contributed by atoms with Gasteiger partial charge in [0.1, 0.15) is 0 Å². The van der Waals surface area contributed by atoms with Crippen molar-refractivity contribution in [1.82, 2.24) is 14.9 Å². The summed E-state index contributed by atoms with van der Waals surface area (Å²) in [6.45, 7) is 3.80. The highest BCUT2D eigenvalue weighted by Gasteiger charge is 2.12. The fourth-order valence-electron chi connectivity index (χ4n) is 2.56. The lowest BCUT2D eigenvalue weighted by atomic mass is 10.1. The molecule has 2 aromatic carbocycles. The first-order valence-electron chi connectivity index (χ1n) is 8.23. The smallest absolute Gasteiger partial charge is 0.255 e. The van der Waals surface area contributed by atoms with Gasteiger partial charge < -0.3 is 10.2 Å². The molecule has 132 valence electrons. The third-order valence-corrected chi connectivity index (χ3v) is 4.11. The lowest BCUT2D eigenvalue weighted by Gasteiger charge is -2.12. The van der Waals surface area contributed by atoms with Crippen LogP contribution in [-0.4, -0.2) is 40.8 Å². The molecule has 6 nitrogen and oxygen atoms in total. The zero-order valence-corrected chi connectivity index (χ0v) is 15.2. The molecule has 1 N–H and O–H groups in total. The van der Waals surface area contributed by atoms with Gasteiger partial charge in [-0.05, 0) is 50.2 Å². The maximum atomic E-state index is 12.6. The van der Waals surface area contributed by atoms with Crippen LogP contribution in [0.3, 0.4) is 0 Å². The summed E-state index contributed by atoms with van der Waals surface area (Å²) in [4.78, 5) is 35.1. The van der Waals surface area contributed by atoms with Gasteiger partial charge in [-0.25, -0.2) is 9.97 Å². The lowest BCUT2D eigenvalue weighted by molar-refractivity contribution is 0.0827. The second kappa shape index (κ2) is 6.92. The number of amides is 2. The van der Waals surface area contributed by atoms with E-state index in [1.54, 1.807) is 56.6 Å². The second-order valence-corrected chi connectivity index (χ2v) is 6.33. The molecular formula is C20H20N4O2. The topological polar surface area (TPSA) is 75.2 Å². The Morgan fingerprint density at radius 3 is 2.27 bits per heavy atom. The number of carbonyl (C=O) groups excluding carboxylic acids is 2. The highest BCUT2D eigenvalue weighted by molar-refractivity contribution is 6.06. The summed E-state index contributed by atoms with van der Waals surface area (Å²) in [7, 11) is 3.38. The maximum absolute atomic E-state index is 12.6. The third kappa shape index (κ3) is 3.54. The van der Waals surface area contributed by atoms with E-state index in [0.717, 1.165) is 16.9 Å². The van der Waals surface area contributed by atoms with Crippen molar-refractivity contribution < 1.29 is 9.59 Å². The molecule has 0 fully saturated rings. The number of fused-ring (bicyclic) bond motifs is 1. The van der Waals surface area contributed by atoms with E-state index in [9.17, 15) is 9.59 Å². The Morgan fingerprint density at radius 1 is 0.885 bits per heavy atom. The monoisotopic (exact) mass is 348 g/mol. The van der Waals surface area contributed by atoms with Crippen LogP contribution in [0.15, 0.2) is 42.5 Å². The molecule has 0 aliphatic carbocycles. The standard InChI is InChI=1S/C20H20N4O2/c1-12-13(2)22-18-11-14(8-9-17(18)21-12)19(25)23-16-7-5-6-15(10-16)20(26)24(3)4/h5-11H,1-4H3,(H,23,25). The minimum absolute atomic E-state index is 0.118. The molecule has 2 amide bonds. The van der Waals surface area contributed by atoms with Crippen molar-refractivity contribution >= 4 is 28.5 Å². The van der Waals surface area contributed by atoms with Gasteiger partial charge in [0.2, 0.25) is 0 Å². The second-order valence-electron chi connectivity index (χ2n) is 6.33. The van der Waals surface area contributed by atoms with E-state index in [1.807, 2.05) is 13.8 Å².